The Labute approximate surface area is 197 Å². The van der Waals surface area contributed by atoms with Crippen molar-refractivity contribution in [2.45, 2.75) is 38.3 Å². The summed E-state index contributed by atoms with van der Waals surface area (Å²) in [6.07, 6.45) is 4.44. The van der Waals surface area contributed by atoms with Crippen LogP contribution in [0, 0.1) is 5.92 Å². The summed E-state index contributed by atoms with van der Waals surface area (Å²) in [5.41, 5.74) is 4.27. The van der Waals surface area contributed by atoms with Gasteiger partial charge >= 0.3 is 0 Å². The fraction of sp³-hybridized carbons (Fsp3) is 0.440. The van der Waals surface area contributed by atoms with Gasteiger partial charge in [-0.05, 0) is 38.0 Å². The fourth-order valence-electron chi connectivity index (χ4n) is 4.72. The van der Waals surface area contributed by atoms with E-state index in [9.17, 15) is 9.59 Å². The van der Waals surface area contributed by atoms with Crippen LogP contribution in [0.4, 0.5) is 5.69 Å². The number of rotatable bonds is 6. The Morgan fingerprint density at radius 2 is 2.03 bits per heavy atom. The molecule has 3 aliphatic rings. The molecule has 1 aliphatic carbocycles. The molecule has 0 bridgehead atoms. The number of imidazole rings is 1. The third-order valence-electron chi connectivity index (χ3n) is 6.89. The van der Waals surface area contributed by atoms with Gasteiger partial charge in [-0.1, -0.05) is 12.1 Å². The highest BCUT2D eigenvalue weighted by atomic mass is 16.5. The number of hydrogen-bond donors (Lipinski definition) is 1. The van der Waals surface area contributed by atoms with Gasteiger partial charge in [0.2, 0.25) is 11.8 Å². The van der Waals surface area contributed by atoms with Gasteiger partial charge in [0.1, 0.15) is 18.2 Å². The first kappa shape index (κ1) is 21.1. The zero-order valence-electron chi connectivity index (χ0n) is 19.1. The number of ether oxygens (including phenoxy) is 2. The Kier molecular flexibility index (Phi) is 5.21. The molecular formula is C25H27N5O4. The van der Waals surface area contributed by atoms with Crippen LogP contribution in [-0.2, 0) is 14.3 Å². The predicted octanol–water partition coefficient (Wildman–Crippen LogP) is 2.70. The zero-order valence-corrected chi connectivity index (χ0v) is 19.1. The molecule has 0 spiro atoms. The monoisotopic (exact) mass is 461 g/mol. The highest BCUT2D eigenvalue weighted by Gasteiger charge is 2.31. The highest BCUT2D eigenvalue weighted by molar-refractivity contribution is 5.95. The number of carbonyl (C=O) groups is 2. The van der Waals surface area contributed by atoms with E-state index in [1.807, 2.05) is 43.6 Å². The molecule has 1 saturated carbocycles. The van der Waals surface area contributed by atoms with Crippen LogP contribution in [0.25, 0.3) is 22.3 Å². The Bertz CT molecular complexity index is 1250. The van der Waals surface area contributed by atoms with Crippen molar-refractivity contribution in [1.29, 1.82) is 0 Å². The van der Waals surface area contributed by atoms with Crippen molar-refractivity contribution in [3.05, 3.63) is 36.7 Å². The molecule has 2 atom stereocenters. The van der Waals surface area contributed by atoms with Crippen LogP contribution in [0.2, 0.25) is 0 Å². The number of pyridine rings is 1. The minimum atomic E-state index is -0.165. The molecule has 4 heterocycles. The predicted molar refractivity (Wildman–Crippen MR) is 126 cm³/mol. The summed E-state index contributed by atoms with van der Waals surface area (Å²) < 4.78 is 13.8. The summed E-state index contributed by atoms with van der Waals surface area (Å²) in [6.45, 7) is 3.82. The van der Waals surface area contributed by atoms with Gasteiger partial charge in [-0.3, -0.25) is 9.59 Å². The molecule has 3 fully saturated rings. The molecule has 3 aromatic rings. The van der Waals surface area contributed by atoms with Crippen LogP contribution in [-0.4, -0.2) is 58.8 Å². The molecule has 2 saturated heterocycles. The maximum absolute atomic E-state index is 12.2. The first-order valence-corrected chi connectivity index (χ1v) is 11.9. The minimum absolute atomic E-state index is 0.0336. The molecular weight excluding hydrogens is 434 g/mol. The van der Waals surface area contributed by atoms with Crippen molar-refractivity contribution in [3.8, 4) is 17.1 Å². The quantitative estimate of drug-likeness (QED) is 0.606. The fourth-order valence-corrected chi connectivity index (χ4v) is 4.72. The van der Waals surface area contributed by atoms with Crippen LogP contribution in [0.5, 0.6) is 5.88 Å². The van der Waals surface area contributed by atoms with Crippen LogP contribution in [0.15, 0.2) is 36.7 Å². The number of carbonyl (C=O) groups excluding carboxylic acids is 2. The molecule has 6 rings (SSSR count). The highest BCUT2D eigenvalue weighted by Crippen LogP contribution is 2.40. The van der Waals surface area contributed by atoms with Gasteiger partial charge < -0.3 is 24.3 Å². The average molecular weight is 462 g/mol. The number of aromatic nitrogens is 3. The van der Waals surface area contributed by atoms with Crippen molar-refractivity contribution in [1.82, 2.24) is 19.9 Å². The number of fused-ring (bicyclic) bond motifs is 1. The lowest BCUT2D eigenvalue weighted by atomic mass is 10.0. The Morgan fingerprint density at radius 3 is 2.74 bits per heavy atom. The van der Waals surface area contributed by atoms with Gasteiger partial charge in [0.05, 0.1) is 24.1 Å². The van der Waals surface area contributed by atoms with E-state index in [1.165, 1.54) is 0 Å². The molecule has 1 N–H and O–H groups in total. The van der Waals surface area contributed by atoms with Gasteiger partial charge in [-0.15, -0.1) is 0 Å². The van der Waals surface area contributed by atoms with Crippen molar-refractivity contribution >= 4 is 28.5 Å². The number of hydrogen-bond acceptors (Lipinski definition) is 6. The van der Waals surface area contributed by atoms with Gasteiger partial charge in [0, 0.05) is 42.7 Å². The molecule has 2 unspecified atom stereocenters. The topological polar surface area (TPSA) is 98.6 Å². The summed E-state index contributed by atoms with van der Waals surface area (Å²) in [6, 6.07) is 10.2. The lowest BCUT2D eigenvalue weighted by Gasteiger charge is -2.26. The largest absolute Gasteiger partial charge is 0.473 e. The maximum atomic E-state index is 12.2. The zero-order chi connectivity index (χ0) is 23.2. The molecule has 1 aromatic carbocycles. The number of anilines is 1. The SMILES string of the molecule is CC(Oc1nc(-c2ccc(N3CCOCC3=O)cc2)cc2ncn(C3CC3)c12)C1CNC(=O)C1. The number of nitrogens with one attached hydrogen (secondary N) is 1. The van der Waals surface area contributed by atoms with E-state index in [0.717, 1.165) is 40.8 Å². The Hall–Kier alpha value is -3.46. The van der Waals surface area contributed by atoms with Gasteiger partial charge in [-0.25, -0.2) is 9.97 Å². The molecule has 34 heavy (non-hydrogen) atoms. The molecule has 2 amide bonds. The molecule has 2 aliphatic heterocycles. The number of benzene rings is 1. The van der Waals surface area contributed by atoms with Crippen molar-refractivity contribution in [2.24, 2.45) is 5.92 Å². The number of amides is 2. The molecule has 2 aromatic heterocycles. The second-order valence-corrected chi connectivity index (χ2v) is 9.30. The lowest BCUT2D eigenvalue weighted by Crippen LogP contribution is -2.41. The Balaban J connectivity index is 1.34. The van der Waals surface area contributed by atoms with Gasteiger partial charge in [0.15, 0.2) is 0 Å². The van der Waals surface area contributed by atoms with Crippen molar-refractivity contribution in [2.75, 3.05) is 31.2 Å². The number of morpholine rings is 1. The standard InChI is InChI=1S/C25H27N5O4/c1-15(17-10-22(31)26-12-17)34-25-24-21(27-14-30(24)19-6-7-19)11-20(28-25)16-2-4-18(5-3-16)29-8-9-33-13-23(29)32/h2-5,11,14-15,17,19H,6-10,12-13H2,1H3,(H,26,31). The van der Waals surface area contributed by atoms with Crippen molar-refractivity contribution < 1.29 is 19.1 Å². The van der Waals surface area contributed by atoms with Crippen LogP contribution in [0.3, 0.4) is 0 Å². The van der Waals surface area contributed by atoms with E-state index in [1.54, 1.807) is 4.90 Å². The summed E-state index contributed by atoms with van der Waals surface area (Å²) >= 11 is 0. The first-order valence-electron chi connectivity index (χ1n) is 11.9. The van der Waals surface area contributed by atoms with E-state index in [0.29, 0.717) is 38.0 Å². The molecule has 176 valence electrons. The lowest BCUT2D eigenvalue weighted by molar-refractivity contribution is -0.125. The second-order valence-electron chi connectivity index (χ2n) is 9.30. The number of nitrogens with zero attached hydrogens (tertiary/aromatic N) is 4. The summed E-state index contributed by atoms with van der Waals surface area (Å²) in [5, 5.41) is 2.89. The Morgan fingerprint density at radius 1 is 1.21 bits per heavy atom. The third kappa shape index (κ3) is 3.90. The van der Waals surface area contributed by atoms with E-state index in [4.69, 9.17) is 14.5 Å². The van der Waals surface area contributed by atoms with Crippen molar-refractivity contribution in [3.63, 3.8) is 0 Å². The normalized spacial score (nSPS) is 21.7. The van der Waals surface area contributed by atoms with Crippen LogP contribution < -0.4 is 15.0 Å². The van der Waals surface area contributed by atoms with Gasteiger partial charge in [-0.2, -0.15) is 0 Å². The second kappa shape index (κ2) is 8.39. The summed E-state index contributed by atoms with van der Waals surface area (Å²) in [4.78, 5) is 35.2. The van der Waals surface area contributed by atoms with E-state index < -0.39 is 0 Å². The average Bonchev–Trinajstić information content (AvgIpc) is 3.45. The molecule has 0 radical (unpaired) electrons. The van der Waals surface area contributed by atoms with Crippen LogP contribution >= 0.6 is 0 Å². The molecule has 9 nitrogen and oxygen atoms in total. The smallest absolute Gasteiger partial charge is 0.253 e. The van der Waals surface area contributed by atoms with E-state index in [-0.39, 0.29) is 30.4 Å². The van der Waals surface area contributed by atoms with E-state index in [2.05, 4.69) is 14.9 Å². The first-order chi connectivity index (χ1) is 16.6. The van der Waals surface area contributed by atoms with E-state index >= 15 is 0 Å². The minimum Gasteiger partial charge on any atom is -0.473 e. The molecule has 9 heteroatoms. The summed E-state index contributed by atoms with van der Waals surface area (Å²) in [7, 11) is 0. The van der Waals surface area contributed by atoms with Gasteiger partial charge in [0.25, 0.3) is 5.91 Å². The summed E-state index contributed by atoms with van der Waals surface area (Å²) in [5.74, 6) is 0.690. The van der Waals surface area contributed by atoms with Crippen LogP contribution in [0.1, 0.15) is 32.2 Å². The third-order valence-corrected chi connectivity index (χ3v) is 6.89. The maximum Gasteiger partial charge on any atom is 0.253 e.